The van der Waals surface area contributed by atoms with Gasteiger partial charge in [-0.25, -0.2) is 23.4 Å². The first-order valence-corrected chi connectivity index (χ1v) is 10.6. The van der Waals surface area contributed by atoms with E-state index in [1.54, 1.807) is 30.5 Å². The molecule has 10 heteroatoms. The number of sulfonamides is 1. The van der Waals surface area contributed by atoms with E-state index in [2.05, 4.69) is 19.9 Å². The van der Waals surface area contributed by atoms with Crippen molar-refractivity contribution in [3.63, 3.8) is 0 Å². The highest BCUT2D eigenvalue weighted by Crippen LogP contribution is 2.23. The number of anilines is 1. The van der Waals surface area contributed by atoms with E-state index in [1.807, 2.05) is 23.8 Å². The third-order valence-electron chi connectivity index (χ3n) is 4.95. The van der Waals surface area contributed by atoms with E-state index < -0.39 is 10.0 Å². The molecule has 0 atom stereocenters. The normalized spacial score (nSPS) is 15.4. The Morgan fingerprint density at radius 1 is 1.00 bits per heavy atom. The number of imidazole rings is 1. The van der Waals surface area contributed by atoms with Gasteiger partial charge in [-0.1, -0.05) is 6.07 Å². The Balaban J connectivity index is 1.49. The van der Waals surface area contributed by atoms with Gasteiger partial charge in [0.15, 0.2) is 0 Å². The lowest BCUT2D eigenvalue weighted by Gasteiger charge is -2.34. The van der Waals surface area contributed by atoms with Gasteiger partial charge < -0.3 is 9.64 Å². The number of rotatable bonds is 5. The van der Waals surface area contributed by atoms with Crippen LogP contribution in [-0.2, 0) is 10.0 Å². The van der Waals surface area contributed by atoms with Gasteiger partial charge in [0.2, 0.25) is 10.0 Å². The summed E-state index contributed by atoms with van der Waals surface area (Å²) >= 11 is 0. The third kappa shape index (κ3) is 3.81. The Hall–Kier alpha value is -2.98. The molecule has 0 unspecified atom stereocenters. The first-order chi connectivity index (χ1) is 14.0. The minimum Gasteiger partial charge on any atom is -0.497 e. The van der Waals surface area contributed by atoms with Gasteiger partial charge in [-0.15, -0.1) is 0 Å². The number of piperazine rings is 1. The van der Waals surface area contributed by atoms with Gasteiger partial charge in [0.05, 0.1) is 12.0 Å². The van der Waals surface area contributed by atoms with Crippen LogP contribution in [-0.4, -0.2) is 65.5 Å². The van der Waals surface area contributed by atoms with Gasteiger partial charge >= 0.3 is 0 Å². The first kappa shape index (κ1) is 19.3. The van der Waals surface area contributed by atoms with E-state index in [0.29, 0.717) is 31.9 Å². The predicted octanol–water partition coefficient (Wildman–Crippen LogP) is 1.49. The molecule has 2 aromatic heterocycles. The molecule has 1 saturated heterocycles. The van der Waals surface area contributed by atoms with Crippen molar-refractivity contribution in [3.05, 3.63) is 54.9 Å². The van der Waals surface area contributed by atoms with E-state index in [4.69, 9.17) is 4.74 Å². The van der Waals surface area contributed by atoms with Crippen LogP contribution in [0.25, 0.3) is 5.82 Å². The van der Waals surface area contributed by atoms with Crippen LogP contribution in [0.15, 0.2) is 53.9 Å². The number of aromatic nitrogens is 4. The van der Waals surface area contributed by atoms with Crippen LogP contribution in [0.4, 0.5) is 5.82 Å². The summed E-state index contributed by atoms with van der Waals surface area (Å²) < 4.78 is 34.5. The molecule has 0 N–H and O–H groups in total. The maximum atomic E-state index is 13.0. The minimum absolute atomic E-state index is 0.241. The molecule has 29 heavy (non-hydrogen) atoms. The molecule has 1 aromatic carbocycles. The molecule has 4 rings (SSSR count). The number of ether oxygens (including phenoxy) is 1. The summed E-state index contributed by atoms with van der Waals surface area (Å²) in [5.74, 6) is 2.86. The monoisotopic (exact) mass is 414 g/mol. The molecule has 0 bridgehead atoms. The van der Waals surface area contributed by atoms with Gasteiger partial charge in [-0.05, 0) is 19.1 Å². The van der Waals surface area contributed by atoms with Crippen molar-refractivity contribution < 1.29 is 13.2 Å². The standard InChI is InChI=1S/C19H22N6O3S/c1-15-20-6-7-25(15)19-13-18(21-14-22-19)23-8-10-24(11-9-23)29(26,27)17-5-3-4-16(12-17)28-2/h3-7,12-14H,8-11H2,1-2H3. The largest absolute Gasteiger partial charge is 0.497 e. The van der Waals surface area contributed by atoms with Gasteiger partial charge in [0, 0.05) is 50.7 Å². The molecular formula is C19H22N6O3S. The predicted molar refractivity (Wildman–Crippen MR) is 108 cm³/mol. The number of nitrogens with zero attached hydrogens (tertiary/aromatic N) is 6. The summed E-state index contributed by atoms with van der Waals surface area (Å²) in [5, 5.41) is 0. The lowest BCUT2D eigenvalue weighted by atomic mass is 10.3. The second kappa shape index (κ2) is 7.80. The summed E-state index contributed by atoms with van der Waals surface area (Å²) in [5.41, 5.74) is 0. The highest BCUT2D eigenvalue weighted by Gasteiger charge is 2.29. The molecule has 0 radical (unpaired) electrons. The summed E-state index contributed by atoms with van der Waals surface area (Å²) in [4.78, 5) is 15.2. The molecule has 0 spiro atoms. The summed E-state index contributed by atoms with van der Waals surface area (Å²) in [6, 6.07) is 8.44. The molecule has 0 aliphatic carbocycles. The molecule has 3 aromatic rings. The van der Waals surface area contributed by atoms with Crippen LogP contribution in [0.3, 0.4) is 0 Å². The Morgan fingerprint density at radius 2 is 1.76 bits per heavy atom. The van der Waals surface area contributed by atoms with Crippen molar-refractivity contribution in [2.75, 3.05) is 38.2 Å². The van der Waals surface area contributed by atoms with Gasteiger partial charge in [0.25, 0.3) is 0 Å². The lowest BCUT2D eigenvalue weighted by Crippen LogP contribution is -2.48. The van der Waals surface area contributed by atoms with E-state index in [0.717, 1.165) is 17.5 Å². The molecule has 1 fully saturated rings. The highest BCUT2D eigenvalue weighted by molar-refractivity contribution is 7.89. The lowest BCUT2D eigenvalue weighted by molar-refractivity contribution is 0.382. The highest BCUT2D eigenvalue weighted by atomic mass is 32.2. The number of hydrogen-bond donors (Lipinski definition) is 0. The zero-order valence-electron chi connectivity index (χ0n) is 16.3. The number of methoxy groups -OCH3 is 1. The molecule has 0 amide bonds. The van der Waals surface area contributed by atoms with Crippen LogP contribution >= 0.6 is 0 Å². The van der Waals surface area contributed by atoms with Crippen molar-refractivity contribution in [2.24, 2.45) is 0 Å². The maximum Gasteiger partial charge on any atom is 0.243 e. The first-order valence-electron chi connectivity index (χ1n) is 9.20. The van der Waals surface area contributed by atoms with Crippen LogP contribution in [0.5, 0.6) is 5.75 Å². The smallest absolute Gasteiger partial charge is 0.243 e. The van der Waals surface area contributed by atoms with E-state index >= 15 is 0 Å². The Morgan fingerprint density at radius 3 is 2.45 bits per heavy atom. The summed E-state index contributed by atoms with van der Waals surface area (Å²) in [6.07, 6.45) is 5.09. The van der Waals surface area contributed by atoms with Crippen molar-refractivity contribution in [2.45, 2.75) is 11.8 Å². The van der Waals surface area contributed by atoms with E-state index in [1.165, 1.54) is 17.7 Å². The van der Waals surface area contributed by atoms with Crippen molar-refractivity contribution in [1.29, 1.82) is 0 Å². The second-order valence-corrected chi connectivity index (χ2v) is 8.59. The quantitative estimate of drug-likeness (QED) is 0.624. The fraction of sp³-hybridized carbons (Fsp3) is 0.316. The Bertz CT molecular complexity index is 1110. The van der Waals surface area contributed by atoms with Crippen LogP contribution in [0.1, 0.15) is 5.82 Å². The van der Waals surface area contributed by atoms with Gasteiger partial charge in [-0.3, -0.25) is 4.57 Å². The van der Waals surface area contributed by atoms with E-state index in [9.17, 15) is 8.42 Å². The zero-order chi connectivity index (χ0) is 20.4. The number of hydrogen-bond acceptors (Lipinski definition) is 7. The fourth-order valence-electron chi connectivity index (χ4n) is 3.33. The Labute approximate surface area is 169 Å². The molecular weight excluding hydrogens is 392 g/mol. The molecule has 1 aliphatic rings. The molecule has 3 heterocycles. The Kier molecular flexibility index (Phi) is 5.20. The van der Waals surface area contributed by atoms with Crippen LogP contribution < -0.4 is 9.64 Å². The zero-order valence-corrected chi connectivity index (χ0v) is 17.1. The van der Waals surface area contributed by atoms with Crippen molar-refractivity contribution in [1.82, 2.24) is 23.8 Å². The second-order valence-electron chi connectivity index (χ2n) is 6.65. The van der Waals surface area contributed by atoms with Crippen molar-refractivity contribution >= 4 is 15.8 Å². The third-order valence-corrected chi connectivity index (χ3v) is 6.85. The molecule has 1 aliphatic heterocycles. The topological polar surface area (TPSA) is 93.5 Å². The maximum absolute atomic E-state index is 13.0. The average molecular weight is 414 g/mol. The van der Waals surface area contributed by atoms with Gasteiger partial charge in [-0.2, -0.15) is 4.31 Å². The molecule has 9 nitrogen and oxygen atoms in total. The van der Waals surface area contributed by atoms with Crippen LogP contribution in [0.2, 0.25) is 0 Å². The number of benzene rings is 1. The van der Waals surface area contributed by atoms with Gasteiger partial charge in [0.1, 0.15) is 29.5 Å². The fourth-order valence-corrected chi connectivity index (χ4v) is 4.79. The number of aryl methyl sites for hydroxylation is 1. The summed E-state index contributed by atoms with van der Waals surface area (Å²) in [7, 11) is -2.05. The van der Waals surface area contributed by atoms with E-state index in [-0.39, 0.29) is 4.90 Å². The molecule has 0 saturated carbocycles. The van der Waals surface area contributed by atoms with Crippen molar-refractivity contribution in [3.8, 4) is 11.6 Å². The minimum atomic E-state index is -3.57. The van der Waals surface area contributed by atoms with Crippen LogP contribution in [0, 0.1) is 6.92 Å². The molecule has 152 valence electrons. The summed E-state index contributed by atoms with van der Waals surface area (Å²) in [6.45, 7) is 3.75. The average Bonchev–Trinajstić information content (AvgIpc) is 3.20. The SMILES string of the molecule is COc1cccc(S(=O)(=O)N2CCN(c3cc(-n4ccnc4C)ncn3)CC2)c1.